The van der Waals surface area contributed by atoms with Crippen molar-refractivity contribution in [2.75, 3.05) is 0 Å². The average molecular weight is 298 g/mol. The van der Waals surface area contributed by atoms with Crippen molar-refractivity contribution < 1.29 is 9.13 Å². The zero-order valence-corrected chi connectivity index (χ0v) is 12.3. The van der Waals surface area contributed by atoms with Crippen molar-refractivity contribution in [2.24, 2.45) is 11.1 Å². The largest absolute Gasteiger partial charge is 0.485 e. The number of hydrogen-bond acceptors (Lipinski definition) is 2. The molecular formula is C16H21ClFNO. The first-order valence-corrected chi connectivity index (χ1v) is 7.87. The number of nitrogens with two attached hydrogens (primary N) is 1. The van der Waals surface area contributed by atoms with Gasteiger partial charge in [-0.3, -0.25) is 0 Å². The predicted octanol–water partition coefficient (Wildman–Crippen LogP) is 4.30. The molecule has 2 saturated carbocycles. The van der Waals surface area contributed by atoms with Gasteiger partial charge in [-0.15, -0.1) is 0 Å². The summed E-state index contributed by atoms with van der Waals surface area (Å²) >= 11 is 6.05. The van der Waals surface area contributed by atoms with Gasteiger partial charge in [0.05, 0.1) is 5.02 Å². The molecule has 2 N–H and O–H groups in total. The standard InChI is InChI=1S/C16H21ClFNO/c17-11-6-5-7-12(18)15(11)20-14-10-13(19)16(14)8-3-1-2-4-9-16/h5-7,13-14H,1-4,8-10,19H2. The van der Waals surface area contributed by atoms with Gasteiger partial charge in [-0.2, -0.15) is 0 Å². The van der Waals surface area contributed by atoms with Gasteiger partial charge >= 0.3 is 0 Å². The molecule has 2 aliphatic carbocycles. The van der Waals surface area contributed by atoms with Gasteiger partial charge in [-0.1, -0.05) is 43.4 Å². The fraction of sp³-hybridized carbons (Fsp3) is 0.625. The molecule has 2 nitrogen and oxygen atoms in total. The van der Waals surface area contributed by atoms with E-state index in [-0.39, 0.29) is 29.1 Å². The van der Waals surface area contributed by atoms with Crippen LogP contribution in [0.4, 0.5) is 4.39 Å². The van der Waals surface area contributed by atoms with E-state index in [0.717, 1.165) is 19.3 Å². The lowest BCUT2D eigenvalue weighted by Gasteiger charge is -2.54. The second-order valence-electron chi connectivity index (χ2n) is 6.15. The Morgan fingerprint density at radius 3 is 2.50 bits per heavy atom. The maximum atomic E-state index is 13.9. The lowest BCUT2D eigenvalue weighted by molar-refractivity contribution is -0.0784. The summed E-state index contributed by atoms with van der Waals surface area (Å²) in [5, 5.41) is 0.342. The van der Waals surface area contributed by atoms with E-state index in [2.05, 4.69) is 0 Å². The summed E-state index contributed by atoms with van der Waals surface area (Å²) in [4.78, 5) is 0. The fourth-order valence-corrected chi connectivity index (χ4v) is 3.97. The maximum Gasteiger partial charge on any atom is 0.173 e. The third kappa shape index (κ3) is 2.31. The molecule has 1 spiro atoms. The zero-order chi connectivity index (χ0) is 14.2. The van der Waals surface area contributed by atoms with Crippen LogP contribution in [0.5, 0.6) is 5.75 Å². The summed E-state index contributed by atoms with van der Waals surface area (Å²) in [5.41, 5.74) is 6.30. The third-order valence-corrected chi connectivity index (χ3v) is 5.36. The van der Waals surface area contributed by atoms with E-state index in [0.29, 0.717) is 5.02 Å². The topological polar surface area (TPSA) is 35.2 Å². The molecule has 3 rings (SSSR count). The van der Waals surface area contributed by atoms with Crippen LogP contribution in [0.2, 0.25) is 5.02 Å². The number of benzene rings is 1. The minimum atomic E-state index is -0.387. The number of hydrogen-bond donors (Lipinski definition) is 1. The summed E-state index contributed by atoms with van der Waals surface area (Å²) in [6, 6.07) is 4.83. The first kappa shape index (κ1) is 14.2. The van der Waals surface area contributed by atoms with Gasteiger partial charge in [0.15, 0.2) is 11.6 Å². The molecular weight excluding hydrogens is 277 g/mol. The molecule has 0 aliphatic heterocycles. The van der Waals surface area contributed by atoms with E-state index in [9.17, 15) is 4.39 Å². The Hall–Kier alpha value is -0.800. The molecule has 110 valence electrons. The Morgan fingerprint density at radius 1 is 1.20 bits per heavy atom. The zero-order valence-electron chi connectivity index (χ0n) is 11.6. The van der Waals surface area contributed by atoms with Gasteiger partial charge in [-0.25, -0.2) is 4.39 Å². The van der Waals surface area contributed by atoms with Crippen LogP contribution in [0, 0.1) is 11.2 Å². The summed E-state index contributed by atoms with van der Waals surface area (Å²) in [7, 11) is 0. The summed E-state index contributed by atoms with van der Waals surface area (Å²) in [6.45, 7) is 0. The molecule has 0 radical (unpaired) electrons. The monoisotopic (exact) mass is 297 g/mol. The SMILES string of the molecule is NC1CC(Oc2c(F)cccc2Cl)C12CCCCCC2. The van der Waals surface area contributed by atoms with Crippen molar-refractivity contribution >= 4 is 11.6 Å². The molecule has 0 saturated heterocycles. The normalized spacial score (nSPS) is 28.8. The molecule has 1 aromatic rings. The molecule has 0 bridgehead atoms. The molecule has 2 fully saturated rings. The van der Waals surface area contributed by atoms with Gasteiger partial charge in [0.2, 0.25) is 0 Å². The van der Waals surface area contributed by atoms with Gasteiger partial charge in [0.25, 0.3) is 0 Å². The Kier molecular flexibility index (Phi) is 3.91. The minimum absolute atomic E-state index is 0.00463. The lowest BCUT2D eigenvalue weighted by atomic mass is 9.58. The summed E-state index contributed by atoms with van der Waals surface area (Å²) < 4.78 is 19.8. The second kappa shape index (κ2) is 5.53. The highest BCUT2D eigenvalue weighted by molar-refractivity contribution is 6.32. The van der Waals surface area contributed by atoms with E-state index < -0.39 is 0 Å². The van der Waals surface area contributed by atoms with Crippen molar-refractivity contribution in [3.63, 3.8) is 0 Å². The number of rotatable bonds is 2. The molecule has 0 heterocycles. The van der Waals surface area contributed by atoms with Crippen LogP contribution in [-0.4, -0.2) is 12.1 Å². The predicted molar refractivity (Wildman–Crippen MR) is 78.6 cm³/mol. The number of ether oxygens (including phenoxy) is 1. The van der Waals surface area contributed by atoms with E-state index in [1.54, 1.807) is 12.1 Å². The molecule has 2 unspecified atom stereocenters. The highest BCUT2D eigenvalue weighted by Gasteiger charge is 2.54. The van der Waals surface area contributed by atoms with Crippen LogP contribution in [0.15, 0.2) is 18.2 Å². The van der Waals surface area contributed by atoms with Gasteiger partial charge in [0.1, 0.15) is 6.10 Å². The van der Waals surface area contributed by atoms with E-state index in [1.807, 2.05) is 0 Å². The minimum Gasteiger partial charge on any atom is -0.485 e. The molecule has 0 aromatic heterocycles. The lowest BCUT2D eigenvalue weighted by Crippen LogP contribution is -2.63. The van der Waals surface area contributed by atoms with E-state index >= 15 is 0 Å². The molecule has 4 heteroatoms. The quantitative estimate of drug-likeness (QED) is 0.883. The van der Waals surface area contributed by atoms with Crippen LogP contribution in [0.3, 0.4) is 0 Å². The average Bonchev–Trinajstić information content (AvgIpc) is 2.69. The Labute approximate surface area is 124 Å². The van der Waals surface area contributed by atoms with Crippen LogP contribution < -0.4 is 10.5 Å². The maximum absolute atomic E-state index is 13.9. The van der Waals surface area contributed by atoms with Crippen LogP contribution in [0.1, 0.15) is 44.9 Å². The number of para-hydroxylation sites is 1. The number of halogens is 2. The highest BCUT2D eigenvalue weighted by Crippen LogP contribution is 2.52. The highest BCUT2D eigenvalue weighted by atomic mass is 35.5. The Balaban J connectivity index is 1.80. The smallest absolute Gasteiger partial charge is 0.173 e. The molecule has 2 aliphatic rings. The van der Waals surface area contributed by atoms with Gasteiger partial charge < -0.3 is 10.5 Å². The first-order valence-electron chi connectivity index (χ1n) is 7.50. The Bertz CT molecular complexity index is 465. The van der Waals surface area contributed by atoms with Crippen molar-refractivity contribution in [3.8, 4) is 5.75 Å². The second-order valence-corrected chi connectivity index (χ2v) is 6.55. The van der Waals surface area contributed by atoms with Crippen LogP contribution in [-0.2, 0) is 0 Å². The molecule has 2 atom stereocenters. The van der Waals surface area contributed by atoms with Crippen molar-refractivity contribution in [2.45, 2.75) is 57.1 Å². The third-order valence-electron chi connectivity index (χ3n) is 5.06. The van der Waals surface area contributed by atoms with Crippen molar-refractivity contribution in [1.82, 2.24) is 0 Å². The van der Waals surface area contributed by atoms with Crippen LogP contribution in [0.25, 0.3) is 0 Å². The molecule has 1 aromatic carbocycles. The summed E-state index contributed by atoms with van der Waals surface area (Å²) in [5.74, 6) is -0.198. The Morgan fingerprint density at radius 2 is 1.90 bits per heavy atom. The van der Waals surface area contributed by atoms with E-state index in [1.165, 1.54) is 31.7 Å². The van der Waals surface area contributed by atoms with E-state index in [4.69, 9.17) is 22.1 Å². The van der Waals surface area contributed by atoms with Gasteiger partial charge in [-0.05, 0) is 25.0 Å². The molecule has 0 amide bonds. The van der Waals surface area contributed by atoms with Crippen molar-refractivity contribution in [3.05, 3.63) is 29.0 Å². The van der Waals surface area contributed by atoms with Crippen molar-refractivity contribution in [1.29, 1.82) is 0 Å². The van der Waals surface area contributed by atoms with Gasteiger partial charge in [0, 0.05) is 17.9 Å². The van der Waals surface area contributed by atoms with Crippen LogP contribution >= 0.6 is 11.6 Å². The fourth-order valence-electron chi connectivity index (χ4n) is 3.76. The first-order chi connectivity index (χ1) is 9.63. The summed E-state index contributed by atoms with van der Waals surface area (Å²) in [6.07, 6.45) is 7.89. The molecule has 20 heavy (non-hydrogen) atoms.